The second kappa shape index (κ2) is 5.64. The third-order valence-electron chi connectivity index (χ3n) is 4.53. The molecule has 106 valence electrons. The number of benzene rings is 1. The molecule has 0 heterocycles. The van der Waals surface area contributed by atoms with Crippen LogP contribution in [-0.4, -0.2) is 23.9 Å². The van der Waals surface area contributed by atoms with Crippen LogP contribution in [0.25, 0.3) is 0 Å². The van der Waals surface area contributed by atoms with Crippen LogP contribution in [0.3, 0.4) is 0 Å². The van der Waals surface area contributed by atoms with Gasteiger partial charge >= 0.3 is 0 Å². The van der Waals surface area contributed by atoms with Crippen molar-refractivity contribution in [3.05, 3.63) is 34.4 Å². The van der Waals surface area contributed by atoms with Gasteiger partial charge in [0.05, 0.1) is 11.7 Å². The van der Waals surface area contributed by atoms with Crippen molar-refractivity contribution in [2.45, 2.75) is 64.6 Å². The maximum Gasteiger partial charge on any atom is 0.0948 e. The molecule has 0 aliphatic heterocycles. The molecule has 2 unspecified atom stereocenters. The largest absolute Gasteiger partial charge is 0.387 e. The molecule has 0 aromatic heterocycles. The fourth-order valence-corrected chi connectivity index (χ4v) is 3.52. The fourth-order valence-electron chi connectivity index (χ4n) is 3.52. The van der Waals surface area contributed by atoms with E-state index in [9.17, 15) is 5.11 Å². The van der Waals surface area contributed by atoms with Crippen LogP contribution in [0, 0.1) is 20.8 Å². The van der Waals surface area contributed by atoms with Crippen LogP contribution in [0.1, 0.15) is 47.9 Å². The number of methoxy groups -OCH3 is 1. The van der Waals surface area contributed by atoms with Gasteiger partial charge in [-0.25, -0.2) is 0 Å². The van der Waals surface area contributed by atoms with E-state index in [4.69, 9.17) is 4.74 Å². The summed E-state index contributed by atoms with van der Waals surface area (Å²) in [6.07, 6.45) is 4.76. The molecule has 1 fully saturated rings. The lowest BCUT2D eigenvalue weighted by Gasteiger charge is -2.39. The molecular weight excluding hydrogens is 236 g/mol. The number of hydrogen-bond donors (Lipinski definition) is 1. The van der Waals surface area contributed by atoms with Crippen molar-refractivity contribution in [2.75, 3.05) is 7.11 Å². The maximum absolute atomic E-state index is 11.0. The Balaban J connectivity index is 2.29. The molecule has 2 heteroatoms. The summed E-state index contributed by atoms with van der Waals surface area (Å²) in [6, 6.07) is 4.41. The Hall–Kier alpha value is -0.860. The van der Waals surface area contributed by atoms with Crippen molar-refractivity contribution in [1.29, 1.82) is 0 Å². The number of aliphatic hydroxyl groups is 1. The molecule has 2 rings (SSSR count). The van der Waals surface area contributed by atoms with Gasteiger partial charge in [-0.1, -0.05) is 30.5 Å². The lowest BCUT2D eigenvalue weighted by molar-refractivity contribution is -0.116. The molecule has 2 nitrogen and oxygen atoms in total. The Morgan fingerprint density at radius 2 is 1.84 bits per heavy atom. The molecule has 1 aliphatic rings. The lowest BCUT2D eigenvalue weighted by atomic mass is 9.76. The zero-order valence-electron chi connectivity index (χ0n) is 12.6. The Labute approximate surface area is 116 Å². The highest BCUT2D eigenvalue weighted by atomic mass is 16.5. The summed E-state index contributed by atoms with van der Waals surface area (Å²) in [5.74, 6) is 0. The van der Waals surface area contributed by atoms with E-state index >= 15 is 0 Å². The lowest BCUT2D eigenvalue weighted by Crippen LogP contribution is -2.48. The summed E-state index contributed by atoms with van der Waals surface area (Å²) in [6.45, 7) is 6.41. The number of hydrogen-bond acceptors (Lipinski definition) is 2. The van der Waals surface area contributed by atoms with Gasteiger partial charge < -0.3 is 9.84 Å². The van der Waals surface area contributed by atoms with E-state index < -0.39 is 5.60 Å². The van der Waals surface area contributed by atoms with Gasteiger partial charge in [-0.2, -0.15) is 0 Å². The van der Waals surface area contributed by atoms with Crippen LogP contribution >= 0.6 is 0 Å². The molecule has 0 amide bonds. The van der Waals surface area contributed by atoms with E-state index in [1.807, 2.05) is 0 Å². The quantitative estimate of drug-likeness (QED) is 0.903. The number of rotatable bonds is 3. The first kappa shape index (κ1) is 14.5. The van der Waals surface area contributed by atoms with Gasteiger partial charge in [-0.15, -0.1) is 0 Å². The molecule has 2 atom stereocenters. The van der Waals surface area contributed by atoms with Crippen molar-refractivity contribution >= 4 is 0 Å². The zero-order valence-corrected chi connectivity index (χ0v) is 12.6. The fraction of sp³-hybridized carbons (Fsp3) is 0.647. The highest BCUT2D eigenvalue weighted by Gasteiger charge is 2.39. The first-order valence-corrected chi connectivity index (χ1v) is 7.28. The molecule has 19 heavy (non-hydrogen) atoms. The van der Waals surface area contributed by atoms with Crippen molar-refractivity contribution in [3.63, 3.8) is 0 Å². The highest BCUT2D eigenvalue weighted by molar-refractivity contribution is 5.38. The molecule has 1 aliphatic carbocycles. The molecule has 0 radical (unpaired) electrons. The SMILES string of the molecule is COC1CCCCC1(O)Cc1c(C)cc(C)cc1C. The van der Waals surface area contributed by atoms with E-state index in [1.54, 1.807) is 7.11 Å². The summed E-state index contributed by atoms with van der Waals surface area (Å²) in [5.41, 5.74) is 4.45. The Morgan fingerprint density at radius 3 is 2.42 bits per heavy atom. The monoisotopic (exact) mass is 262 g/mol. The second-order valence-corrected chi connectivity index (χ2v) is 6.13. The summed E-state index contributed by atoms with van der Waals surface area (Å²) < 4.78 is 5.53. The van der Waals surface area contributed by atoms with Crippen molar-refractivity contribution in [3.8, 4) is 0 Å². The molecule has 1 N–H and O–H groups in total. The van der Waals surface area contributed by atoms with Gasteiger partial charge in [0, 0.05) is 13.5 Å². The van der Waals surface area contributed by atoms with E-state index in [0.29, 0.717) is 6.42 Å². The smallest absolute Gasteiger partial charge is 0.0948 e. The second-order valence-electron chi connectivity index (χ2n) is 6.13. The van der Waals surface area contributed by atoms with Gasteiger partial charge in [-0.05, 0) is 50.3 Å². The topological polar surface area (TPSA) is 29.5 Å². The highest BCUT2D eigenvalue weighted by Crippen LogP contribution is 2.35. The van der Waals surface area contributed by atoms with E-state index in [1.165, 1.54) is 22.3 Å². The van der Waals surface area contributed by atoms with Crippen molar-refractivity contribution < 1.29 is 9.84 Å². The first-order valence-electron chi connectivity index (χ1n) is 7.28. The number of ether oxygens (including phenoxy) is 1. The van der Waals surface area contributed by atoms with Gasteiger partial charge in [0.2, 0.25) is 0 Å². The first-order chi connectivity index (χ1) is 8.96. The van der Waals surface area contributed by atoms with E-state index in [2.05, 4.69) is 32.9 Å². The van der Waals surface area contributed by atoms with Crippen LogP contribution in [0.5, 0.6) is 0 Å². The van der Waals surface area contributed by atoms with Crippen LogP contribution in [0.15, 0.2) is 12.1 Å². The molecule has 0 spiro atoms. The molecule has 0 saturated heterocycles. The average Bonchev–Trinajstić information content (AvgIpc) is 2.34. The average molecular weight is 262 g/mol. The van der Waals surface area contributed by atoms with Crippen LogP contribution in [-0.2, 0) is 11.2 Å². The van der Waals surface area contributed by atoms with Gasteiger partial charge in [0.1, 0.15) is 0 Å². The zero-order chi connectivity index (χ0) is 14.0. The normalized spacial score (nSPS) is 27.5. The summed E-state index contributed by atoms with van der Waals surface area (Å²) in [4.78, 5) is 0. The molecular formula is C17H26O2. The summed E-state index contributed by atoms with van der Waals surface area (Å²) >= 11 is 0. The van der Waals surface area contributed by atoms with Crippen LogP contribution < -0.4 is 0 Å². The molecule has 1 aromatic carbocycles. The van der Waals surface area contributed by atoms with E-state index in [0.717, 1.165) is 25.7 Å². The van der Waals surface area contributed by atoms with Gasteiger partial charge in [0.15, 0.2) is 0 Å². The standard InChI is InChI=1S/C17H26O2/c1-12-9-13(2)15(14(3)10-12)11-17(18)8-6-5-7-16(17)19-4/h9-10,16,18H,5-8,11H2,1-4H3. The van der Waals surface area contributed by atoms with Crippen LogP contribution in [0.2, 0.25) is 0 Å². The minimum Gasteiger partial charge on any atom is -0.387 e. The summed E-state index contributed by atoms with van der Waals surface area (Å²) in [5, 5.41) is 11.0. The van der Waals surface area contributed by atoms with Crippen molar-refractivity contribution in [1.82, 2.24) is 0 Å². The Kier molecular flexibility index (Phi) is 4.32. The third kappa shape index (κ3) is 3.01. The van der Waals surface area contributed by atoms with Gasteiger partial charge in [-0.3, -0.25) is 0 Å². The Morgan fingerprint density at radius 1 is 1.21 bits per heavy atom. The molecule has 1 saturated carbocycles. The third-order valence-corrected chi connectivity index (χ3v) is 4.53. The van der Waals surface area contributed by atoms with E-state index in [-0.39, 0.29) is 6.10 Å². The minimum absolute atomic E-state index is 0.0265. The van der Waals surface area contributed by atoms with Crippen LogP contribution in [0.4, 0.5) is 0 Å². The minimum atomic E-state index is -0.697. The molecule has 1 aromatic rings. The van der Waals surface area contributed by atoms with Gasteiger partial charge in [0.25, 0.3) is 0 Å². The van der Waals surface area contributed by atoms with Crippen molar-refractivity contribution in [2.24, 2.45) is 0 Å². The Bertz CT molecular complexity index is 430. The number of aryl methyl sites for hydroxylation is 3. The predicted octanol–water partition coefficient (Wildman–Crippen LogP) is 3.47. The summed E-state index contributed by atoms with van der Waals surface area (Å²) in [7, 11) is 1.72. The maximum atomic E-state index is 11.0. The predicted molar refractivity (Wildman–Crippen MR) is 78.6 cm³/mol. The molecule has 0 bridgehead atoms.